The molecule has 5 heteroatoms. The lowest BCUT2D eigenvalue weighted by Gasteiger charge is -2.10. The Hall–Kier alpha value is -6.43. The Morgan fingerprint density at radius 3 is 2.04 bits per heavy atom. The summed E-state index contributed by atoms with van der Waals surface area (Å²) in [6, 6.07) is 24.7. The zero-order valence-corrected chi connectivity index (χ0v) is 26.7. The molecular formula is C45H27N3OS. The highest BCUT2D eigenvalue weighted by molar-refractivity contribution is 7.25. The second-order valence-electron chi connectivity index (χ2n) is 11.6. The van der Waals surface area contributed by atoms with Crippen molar-refractivity contribution < 1.29 is 19.5 Å². The van der Waals surface area contributed by atoms with E-state index in [-0.39, 0.29) is 50.5 Å². The van der Waals surface area contributed by atoms with Gasteiger partial charge in [0.2, 0.25) is 0 Å². The molecule has 0 atom stereocenters. The molecule has 0 saturated heterocycles. The third-order valence-electron chi connectivity index (χ3n) is 8.55. The topological polar surface area (TPSA) is 51.8 Å². The van der Waals surface area contributed by atoms with Crippen molar-refractivity contribution in [3.8, 4) is 56.4 Å². The van der Waals surface area contributed by atoms with E-state index >= 15 is 0 Å². The van der Waals surface area contributed by atoms with E-state index in [9.17, 15) is 4.11 Å². The predicted octanol–water partition coefficient (Wildman–Crippen LogP) is 12.5. The van der Waals surface area contributed by atoms with Gasteiger partial charge >= 0.3 is 0 Å². The Morgan fingerprint density at radius 2 is 1.18 bits per heavy atom. The smallest absolute Gasteiger partial charge is 0.164 e. The van der Waals surface area contributed by atoms with Crippen molar-refractivity contribution in [3.63, 3.8) is 0 Å². The number of furan rings is 1. The highest BCUT2D eigenvalue weighted by Crippen LogP contribution is 2.39. The molecule has 0 aliphatic carbocycles. The highest BCUT2D eigenvalue weighted by atomic mass is 32.1. The third-order valence-corrected chi connectivity index (χ3v) is 9.68. The first kappa shape index (κ1) is 19.5. The SMILES string of the molecule is [2H]c1c([2H])c([2H])c(-c2c([2H])c([2H])c([2H])c3oc4c([2H])c(-c5nc(-c6cccc(-c7ccccc7)c6)nc(-c6ccc7c(c6)sc6ccccc67)n5)c([2H])c([2H])c4c23)c([2H])c1[2H]. The molecule has 10 rings (SSSR count). The lowest BCUT2D eigenvalue weighted by Crippen LogP contribution is -2.00. The zero-order chi connectivity index (χ0) is 42.6. The average molecular weight is 669 g/mol. The molecule has 0 spiro atoms. The van der Waals surface area contributed by atoms with Gasteiger partial charge in [-0.2, -0.15) is 0 Å². The Morgan fingerprint density at radius 1 is 0.460 bits per heavy atom. The first-order chi connectivity index (χ1) is 29.3. The van der Waals surface area contributed by atoms with Gasteiger partial charge < -0.3 is 4.42 Å². The zero-order valence-electron chi connectivity index (χ0n) is 36.9. The van der Waals surface area contributed by atoms with Crippen molar-refractivity contribution in [3.05, 3.63) is 164 Å². The van der Waals surface area contributed by atoms with Crippen LogP contribution in [-0.4, -0.2) is 15.0 Å². The molecule has 0 unspecified atom stereocenters. The molecule has 50 heavy (non-hydrogen) atoms. The monoisotopic (exact) mass is 668 g/mol. The van der Waals surface area contributed by atoms with Crippen LogP contribution in [0.5, 0.6) is 0 Å². The summed E-state index contributed by atoms with van der Waals surface area (Å²) in [6.45, 7) is 0. The van der Waals surface area contributed by atoms with Gasteiger partial charge in [-0.05, 0) is 58.6 Å². The third kappa shape index (κ3) is 4.87. The molecule has 10 aromatic rings. The van der Waals surface area contributed by atoms with E-state index in [1.807, 2.05) is 84.9 Å². The minimum atomic E-state index is -0.684. The van der Waals surface area contributed by atoms with Crippen LogP contribution in [0, 0.1) is 0 Å². The van der Waals surface area contributed by atoms with Crippen LogP contribution < -0.4 is 0 Å². The molecule has 0 aliphatic rings. The number of hydrogen-bond acceptors (Lipinski definition) is 5. The van der Waals surface area contributed by atoms with Gasteiger partial charge in [-0.1, -0.05) is 127 Å². The van der Waals surface area contributed by atoms with Gasteiger partial charge in [-0.3, -0.25) is 0 Å². The first-order valence-corrected chi connectivity index (χ1v) is 16.5. The maximum Gasteiger partial charge on any atom is 0.164 e. The van der Waals surface area contributed by atoms with Gasteiger partial charge in [0.25, 0.3) is 0 Å². The standard InChI is InChI=1S/C45H27N3OS/c1-3-11-28(12-4-1)30-15-9-16-31(25-30)43-46-44(48-45(47-43)33-21-23-36-35-17-7-8-20-40(35)50-41(36)27-33)32-22-24-37-39(26-32)49-38-19-10-18-34(42(37)38)29-13-5-2-6-14-29/h1-27H/i2D,5D,6D,10D,13D,14D,18D,19D,22D,24D,26D. The summed E-state index contributed by atoms with van der Waals surface area (Å²) in [5.74, 6) is 0.375. The Kier molecular flexibility index (Phi) is 4.54. The average Bonchev–Trinajstić information content (AvgIpc) is 3.87. The fourth-order valence-electron chi connectivity index (χ4n) is 6.20. The summed E-state index contributed by atoms with van der Waals surface area (Å²) in [7, 11) is 0. The predicted molar refractivity (Wildman–Crippen MR) is 207 cm³/mol. The summed E-state index contributed by atoms with van der Waals surface area (Å²) in [5.41, 5.74) is 1.54. The molecule has 3 aromatic heterocycles. The van der Waals surface area contributed by atoms with Crippen LogP contribution in [0.25, 0.3) is 98.5 Å². The number of rotatable bonds is 5. The molecule has 0 aliphatic heterocycles. The van der Waals surface area contributed by atoms with E-state index in [1.165, 1.54) is 0 Å². The lowest BCUT2D eigenvalue weighted by molar-refractivity contribution is 0.669. The van der Waals surface area contributed by atoms with E-state index in [2.05, 4.69) is 12.1 Å². The molecule has 0 radical (unpaired) electrons. The molecule has 0 amide bonds. The second kappa shape index (κ2) is 11.6. The van der Waals surface area contributed by atoms with Crippen LogP contribution in [-0.2, 0) is 0 Å². The van der Waals surface area contributed by atoms with Gasteiger partial charge in [-0.15, -0.1) is 11.3 Å². The van der Waals surface area contributed by atoms with Crippen molar-refractivity contribution in [1.82, 2.24) is 15.0 Å². The van der Waals surface area contributed by atoms with Crippen LogP contribution in [0.2, 0.25) is 0 Å². The fraction of sp³-hybridized carbons (Fsp3) is 0. The molecule has 0 N–H and O–H groups in total. The molecule has 3 heterocycles. The number of aromatic nitrogens is 3. The molecule has 4 nitrogen and oxygen atoms in total. The maximum absolute atomic E-state index is 9.54. The van der Waals surface area contributed by atoms with Gasteiger partial charge in [0.1, 0.15) is 11.2 Å². The Balaban J connectivity index is 1.25. The quantitative estimate of drug-likeness (QED) is 0.183. The number of thiophene rings is 1. The van der Waals surface area contributed by atoms with Crippen molar-refractivity contribution in [2.45, 2.75) is 0 Å². The van der Waals surface area contributed by atoms with E-state index in [0.717, 1.165) is 31.3 Å². The van der Waals surface area contributed by atoms with Gasteiger partial charge in [0, 0.05) is 47.6 Å². The molecule has 0 bridgehead atoms. The Labute approximate surface area is 307 Å². The number of hydrogen-bond donors (Lipinski definition) is 0. The number of nitrogens with zero attached hydrogens (tertiary/aromatic N) is 3. The van der Waals surface area contributed by atoms with Crippen LogP contribution in [0.3, 0.4) is 0 Å². The van der Waals surface area contributed by atoms with Gasteiger partial charge in [0.15, 0.2) is 17.5 Å². The van der Waals surface area contributed by atoms with Crippen LogP contribution in [0.15, 0.2) is 168 Å². The van der Waals surface area contributed by atoms with Crippen molar-refractivity contribution in [1.29, 1.82) is 0 Å². The summed E-state index contributed by atoms with van der Waals surface area (Å²) < 4.78 is 105. The fourth-order valence-corrected chi connectivity index (χ4v) is 7.35. The lowest BCUT2D eigenvalue weighted by atomic mass is 9.99. The second-order valence-corrected chi connectivity index (χ2v) is 12.7. The molecular weight excluding hydrogens is 631 g/mol. The summed E-state index contributed by atoms with van der Waals surface area (Å²) in [5, 5.41) is 1.79. The number of benzene rings is 7. The maximum atomic E-state index is 9.54. The Bertz CT molecular complexity index is 3490. The van der Waals surface area contributed by atoms with E-state index in [4.69, 9.17) is 30.3 Å². The minimum absolute atomic E-state index is 0.105. The van der Waals surface area contributed by atoms with E-state index < -0.39 is 72.0 Å². The molecule has 0 fully saturated rings. The number of fused-ring (bicyclic) bond motifs is 6. The van der Waals surface area contributed by atoms with Gasteiger partial charge in [-0.25, -0.2) is 15.0 Å². The van der Waals surface area contributed by atoms with Crippen molar-refractivity contribution in [2.24, 2.45) is 0 Å². The minimum Gasteiger partial charge on any atom is -0.456 e. The largest absolute Gasteiger partial charge is 0.456 e. The van der Waals surface area contributed by atoms with Crippen molar-refractivity contribution in [2.75, 3.05) is 0 Å². The highest BCUT2D eigenvalue weighted by Gasteiger charge is 2.17. The summed E-state index contributed by atoms with van der Waals surface area (Å²) in [6.07, 6.45) is 0. The van der Waals surface area contributed by atoms with Crippen LogP contribution in [0.4, 0.5) is 0 Å². The summed E-state index contributed by atoms with van der Waals surface area (Å²) >= 11 is 1.62. The van der Waals surface area contributed by atoms with E-state index in [1.54, 1.807) is 11.3 Å². The molecule has 0 saturated carbocycles. The normalized spacial score (nSPS) is 14.7. The molecule has 7 aromatic carbocycles. The van der Waals surface area contributed by atoms with Crippen LogP contribution in [0.1, 0.15) is 15.1 Å². The van der Waals surface area contributed by atoms with Crippen molar-refractivity contribution >= 4 is 53.4 Å². The summed E-state index contributed by atoms with van der Waals surface area (Å²) in [4.78, 5) is 14.6. The first-order valence-electron chi connectivity index (χ1n) is 21.2. The molecule has 234 valence electrons. The van der Waals surface area contributed by atoms with E-state index in [0.29, 0.717) is 11.1 Å². The van der Waals surface area contributed by atoms with Gasteiger partial charge in [0.05, 0.1) is 15.1 Å². The van der Waals surface area contributed by atoms with Crippen LogP contribution >= 0.6 is 11.3 Å².